The van der Waals surface area contributed by atoms with Gasteiger partial charge in [-0.15, -0.1) is 0 Å². The Hall–Kier alpha value is -1.26. The molecule has 1 aliphatic heterocycles. The van der Waals surface area contributed by atoms with E-state index in [9.17, 15) is 0 Å². The van der Waals surface area contributed by atoms with E-state index in [-0.39, 0.29) is 0 Å². The molecular weight excluding hydrogens is 314 g/mol. The molecule has 20 heavy (non-hydrogen) atoms. The molecule has 1 fully saturated rings. The van der Waals surface area contributed by atoms with E-state index in [4.69, 9.17) is 4.98 Å². The van der Waals surface area contributed by atoms with E-state index in [1.54, 1.807) is 0 Å². The second-order valence-corrected chi connectivity index (χ2v) is 6.32. The standard InChI is InChI=1S/C16H18BrN3/c1-10-3-4-13(17)8-14(10)15-7-11(2)19-16(20-15)12-5-6-18-9-12/h3-4,7-8,12,18H,5-6,9H2,1-2H3. The maximum Gasteiger partial charge on any atom is 0.133 e. The van der Waals surface area contributed by atoms with Gasteiger partial charge in [-0.3, -0.25) is 0 Å². The van der Waals surface area contributed by atoms with Gasteiger partial charge < -0.3 is 5.32 Å². The number of nitrogens with one attached hydrogen (secondary N) is 1. The van der Waals surface area contributed by atoms with Crippen molar-refractivity contribution in [2.24, 2.45) is 0 Å². The minimum absolute atomic E-state index is 0.445. The van der Waals surface area contributed by atoms with Gasteiger partial charge in [-0.2, -0.15) is 0 Å². The highest BCUT2D eigenvalue weighted by atomic mass is 79.9. The monoisotopic (exact) mass is 331 g/mol. The summed E-state index contributed by atoms with van der Waals surface area (Å²) in [7, 11) is 0. The van der Waals surface area contributed by atoms with Crippen LogP contribution in [0.5, 0.6) is 0 Å². The molecule has 0 spiro atoms. The summed E-state index contributed by atoms with van der Waals surface area (Å²) in [6.07, 6.45) is 1.13. The Morgan fingerprint density at radius 3 is 2.80 bits per heavy atom. The van der Waals surface area contributed by atoms with Crippen LogP contribution in [0.15, 0.2) is 28.7 Å². The average molecular weight is 332 g/mol. The van der Waals surface area contributed by atoms with Crippen molar-refractivity contribution >= 4 is 15.9 Å². The van der Waals surface area contributed by atoms with Gasteiger partial charge in [0.25, 0.3) is 0 Å². The second-order valence-electron chi connectivity index (χ2n) is 5.40. The minimum Gasteiger partial charge on any atom is -0.316 e. The van der Waals surface area contributed by atoms with Crippen LogP contribution in [0.1, 0.15) is 29.4 Å². The lowest BCUT2D eigenvalue weighted by molar-refractivity contribution is 0.698. The van der Waals surface area contributed by atoms with Gasteiger partial charge in [0.2, 0.25) is 0 Å². The maximum atomic E-state index is 4.82. The summed E-state index contributed by atoms with van der Waals surface area (Å²) in [5.74, 6) is 1.42. The quantitative estimate of drug-likeness (QED) is 0.913. The fraction of sp³-hybridized carbons (Fsp3) is 0.375. The van der Waals surface area contributed by atoms with Crippen molar-refractivity contribution in [3.8, 4) is 11.3 Å². The lowest BCUT2D eigenvalue weighted by Crippen LogP contribution is -2.11. The van der Waals surface area contributed by atoms with Crippen LogP contribution in [0.3, 0.4) is 0 Å². The molecule has 0 bridgehead atoms. The summed E-state index contributed by atoms with van der Waals surface area (Å²) in [5.41, 5.74) is 4.48. The molecule has 3 nitrogen and oxygen atoms in total. The van der Waals surface area contributed by atoms with Gasteiger partial charge in [-0.05, 0) is 50.6 Å². The zero-order chi connectivity index (χ0) is 14.1. The predicted molar refractivity (Wildman–Crippen MR) is 84.9 cm³/mol. The number of nitrogens with zero attached hydrogens (tertiary/aromatic N) is 2. The van der Waals surface area contributed by atoms with Crippen LogP contribution < -0.4 is 5.32 Å². The van der Waals surface area contributed by atoms with Gasteiger partial charge in [0, 0.05) is 28.2 Å². The number of halogens is 1. The van der Waals surface area contributed by atoms with E-state index in [1.807, 2.05) is 6.92 Å². The fourth-order valence-corrected chi connectivity index (χ4v) is 3.02. The smallest absolute Gasteiger partial charge is 0.133 e. The van der Waals surface area contributed by atoms with Crippen LogP contribution in [0.2, 0.25) is 0 Å². The summed E-state index contributed by atoms with van der Waals surface area (Å²) in [6, 6.07) is 8.39. The molecule has 2 aromatic rings. The highest BCUT2D eigenvalue weighted by Gasteiger charge is 2.20. The molecule has 2 heterocycles. The molecule has 3 rings (SSSR count). The van der Waals surface area contributed by atoms with Crippen molar-refractivity contribution in [2.75, 3.05) is 13.1 Å². The van der Waals surface area contributed by atoms with Crippen LogP contribution in [0, 0.1) is 13.8 Å². The summed E-state index contributed by atoms with van der Waals surface area (Å²) >= 11 is 3.54. The van der Waals surface area contributed by atoms with Gasteiger partial charge in [0.15, 0.2) is 0 Å². The third kappa shape index (κ3) is 2.76. The molecule has 1 aromatic heterocycles. The van der Waals surface area contributed by atoms with Crippen LogP contribution in [0.4, 0.5) is 0 Å². The Balaban J connectivity index is 2.06. The minimum atomic E-state index is 0.445. The first-order valence-electron chi connectivity index (χ1n) is 6.96. The van der Waals surface area contributed by atoms with Gasteiger partial charge in [0.1, 0.15) is 5.82 Å². The number of rotatable bonds is 2. The number of benzene rings is 1. The highest BCUT2D eigenvalue weighted by molar-refractivity contribution is 9.10. The first kappa shape index (κ1) is 13.7. The molecule has 1 unspecified atom stereocenters. The number of aromatic nitrogens is 2. The molecule has 104 valence electrons. The van der Waals surface area contributed by atoms with E-state index in [0.29, 0.717) is 5.92 Å². The Bertz CT molecular complexity index is 634. The third-order valence-electron chi connectivity index (χ3n) is 3.77. The first-order valence-corrected chi connectivity index (χ1v) is 7.75. The molecule has 0 aliphatic carbocycles. The third-order valence-corrected chi connectivity index (χ3v) is 4.27. The summed E-state index contributed by atoms with van der Waals surface area (Å²) < 4.78 is 1.08. The van der Waals surface area contributed by atoms with Crippen molar-refractivity contribution in [2.45, 2.75) is 26.2 Å². The van der Waals surface area contributed by atoms with Crippen molar-refractivity contribution in [1.29, 1.82) is 0 Å². The van der Waals surface area contributed by atoms with Crippen LogP contribution in [-0.2, 0) is 0 Å². The fourth-order valence-electron chi connectivity index (χ4n) is 2.66. The Morgan fingerprint density at radius 1 is 1.20 bits per heavy atom. The van der Waals surface area contributed by atoms with E-state index in [0.717, 1.165) is 41.2 Å². The van der Waals surface area contributed by atoms with Gasteiger partial charge in [0.05, 0.1) is 5.69 Å². The predicted octanol–water partition coefficient (Wildman–Crippen LogP) is 3.60. The number of aryl methyl sites for hydroxylation is 2. The molecule has 1 saturated heterocycles. The van der Waals surface area contributed by atoms with E-state index in [2.05, 4.69) is 57.4 Å². The largest absolute Gasteiger partial charge is 0.316 e. The molecule has 0 radical (unpaired) electrons. The van der Waals surface area contributed by atoms with Crippen molar-refractivity contribution in [1.82, 2.24) is 15.3 Å². The van der Waals surface area contributed by atoms with E-state index >= 15 is 0 Å². The molecule has 1 N–H and O–H groups in total. The molecule has 1 aromatic carbocycles. The Labute approximate surface area is 128 Å². The molecule has 4 heteroatoms. The second kappa shape index (κ2) is 5.62. The maximum absolute atomic E-state index is 4.82. The van der Waals surface area contributed by atoms with Crippen molar-refractivity contribution < 1.29 is 0 Å². The van der Waals surface area contributed by atoms with Crippen LogP contribution >= 0.6 is 15.9 Å². The Morgan fingerprint density at radius 2 is 2.05 bits per heavy atom. The normalized spacial score (nSPS) is 18.4. The molecule has 1 atom stereocenters. The van der Waals surface area contributed by atoms with Gasteiger partial charge in [-0.25, -0.2) is 9.97 Å². The summed E-state index contributed by atoms with van der Waals surface area (Å²) in [4.78, 5) is 9.45. The van der Waals surface area contributed by atoms with Crippen LogP contribution in [0.25, 0.3) is 11.3 Å². The topological polar surface area (TPSA) is 37.8 Å². The first-order chi connectivity index (χ1) is 9.63. The van der Waals surface area contributed by atoms with Crippen LogP contribution in [-0.4, -0.2) is 23.1 Å². The average Bonchev–Trinajstić information content (AvgIpc) is 2.95. The summed E-state index contributed by atoms with van der Waals surface area (Å²) in [6.45, 7) is 6.22. The highest BCUT2D eigenvalue weighted by Crippen LogP contribution is 2.28. The van der Waals surface area contributed by atoms with E-state index < -0.39 is 0 Å². The van der Waals surface area contributed by atoms with Gasteiger partial charge >= 0.3 is 0 Å². The zero-order valence-electron chi connectivity index (χ0n) is 11.8. The number of hydrogen-bond acceptors (Lipinski definition) is 3. The lowest BCUT2D eigenvalue weighted by atomic mass is 10.0. The van der Waals surface area contributed by atoms with Gasteiger partial charge in [-0.1, -0.05) is 22.0 Å². The summed E-state index contributed by atoms with van der Waals surface area (Å²) in [5, 5.41) is 3.38. The molecule has 0 amide bonds. The molecular formula is C16H18BrN3. The van der Waals surface area contributed by atoms with E-state index in [1.165, 1.54) is 11.1 Å². The van der Waals surface area contributed by atoms with Crippen molar-refractivity contribution in [3.05, 3.63) is 45.8 Å². The lowest BCUT2D eigenvalue weighted by Gasteiger charge is -2.12. The molecule has 0 saturated carbocycles. The SMILES string of the molecule is Cc1cc(-c2cc(Br)ccc2C)nc(C2CCNC2)n1. The number of hydrogen-bond donors (Lipinski definition) is 1. The Kier molecular flexibility index (Phi) is 3.85. The molecule has 1 aliphatic rings. The van der Waals surface area contributed by atoms with Crippen molar-refractivity contribution in [3.63, 3.8) is 0 Å². The zero-order valence-corrected chi connectivity index (χ0v) is 13.4.